The van der Waals surface area contributed by atoms with E-state index < -0.39 is 0 Å². The van der Waals surface area contributed by atoms with Gasteiger partial charge in [-0.3, -0.25) is 9.48 Å². The van der Waals surface area contributed by atoms with E-state index in [2.05, 4.69) is 10.3 Å². The third-order valence-electron chi connectivity index (χ3n) is 4.18. The second kappa shape index (κ2) is 5.26. The highest BCUT2D eigenvalue weighted by Gasteiger charge is 2.32. The van der Waals surface area contributed by atoms with E-state index in [4.69, 9.17) is 0 Å². The Morgan fingerprint density at radius 3 is 2.77 bits per heavy atom. The van der Waals surface area contributed by atoms with Crippen LogP contribution in [0.5, 0.6) is 0 Å². The van der Waals surface area contributed by atoms with Crippen LogP contribution in [0.25, 0.3) is 10.8 Å². The zero-order valence-corrected chi connectivity index (χ0v) is 12.1. The van der Waals surface area contributed by atoms with Gasteiger partial charge in [-0.1, -0.05) is 41.6 Å². The van der Waals surface area contributed by atoms with Gasteiger partial charge in [-0.05, 0) is 16.8 Å². The van der Waals surface area contributed by atoms with Crippen molar-refractivity contribution < 1.29 is 4.79 Å². The fourth-order valence-electron chi connectivity index (χ4n) is 3.03. The van der Waals surface area contributed by atoms with Gasteiger partial charge in [0, 0.05) is 37.3 Å². The number of nitrogens with zero attached hydrogens (tertiary/aromatic N) is 4. The molecular weight excluding hydrogens is 276 g/mol. The normalized spacial score (nSPS) is 15.0. The molecule has 2 heterocycles. The lowest BCUT2D eigenvalue weighted by Gasteiger charge is -2.39. The zero-order valence-electron chi connectivity index (χ0n) is 12.1. The number of hydrogen-bond acceptors (Lipinski definition) is 3. The van der Waals surface area contributed by atoms with E-state index >= 15 is 0 Å². The summed E-state index contributed by atoms with van der Waals surface area (Å²) in [5.41, 5.74) is 0.789. The lowest BCUT2D eigenvalue weighted by Crippen LogP contribution is -2.51. The summed E-state index contributed by atoms with van der Waals surface area (Å²) in [6.45, 7) is 2.38. The molecule has 1 aliphatic heterocycles. The summed E-state index contributed by atoms with van der Waals surface area (Å²) in [6, 6.07) is 13.9. The smallest absolute Gasteiger partial charge is 0.254 e. The van der Waals surface area contributed by atoms with Crippen LogP contribution in [0.4, 0.5) is 0 Å². The molecule has 5 nitrogen and oxygen atoms in total. The Balaban J connectivity index is 1.49. The first-order valence-corrected chi connectivity index (χ1v) is 7.42. The van der Waals surface area contributed by atoms with Gasteiger partial charge in [-0.2, -0.15) is 0 Å². The van der Waals surface area contributed by atoms with Gasteiger partial charge < -0.3 is 4.90 Å². The van der Waals surface area contributed by atoms with Crippen molar-refractivity contribution in [1.82, 2.24) is 19.9 Å². The molecule has 5 heteroatoms. The van der Waals surface area contributed by atoms with E-state index in [0.717, 1.165) is 36.0 Å². The van der Waals surface area contributed by atoms with Crippen molar-refractivity contribution in [3.8, 4) is 0 Å². The van der Waals surface area contributed by atoms with Gasteiger partial charge in [-0.25, -0.2) is 0 Å². The van der Waals surface area contributed by atoms with Crippen molar-refractivity contribution >= 4 is 16.7 Å². The summed E-state index contributed by atoms with van der Waals surface area (Å²) in [6.07, 6.45) is 3.53. The molecule has 1 aromatic heterocycles. The Kier molecular flexibility index (Phi) is 3.11. The standard InChI is InChI=1S/C17H16N4O/c22-17(16-7-3-5-14-4-1-2-6-15(14)16)20-10-13(11-20)12-21-9-8-18-19-21/h1-9,13H,10-12H2. The molecule has 22 heavy (non-hydrogen) atoms. The molecule has 2 aromatic carbocycles. The van der Waals surface area contributed by atoms with E-state index in [0.29, 0.717) is 5.92 Å². The van der Waals surface area contributed by atoms with Crippen LogP contribution in [-0.2, 0) is 6.54 Å². The largest absolute Gasteiger partial charge is 0.338 e. The van der Waals surface area contributed by atoms with Crippen LogP contribution >= 0.6 is 0 Å². The first-order valence-electron chi connectivity index (χ1n) is 7.42. The number of rotatable bonds is 3. The average Bonchev–Trinajstić information content (AvgIpc) is 3.02. The number of hydrogen-bond donors (Lipinski definition) is 0. The fourth-order valence-corrected chi connectivity index (χ4v) is 3.03. The van der Waals surface area contributed by atoms with Crippen molar-refractivity contribution in [2.45, 2.75) is 6.54 Å². The highest BCUT2D eigenvalue weighted by atomic mass is 16.2. The predicted molar refractivity (Wildman–Crippen MR) is 83.4 cm³/mol. The number of amides is 1. The van der Waals surface area contributed by atoms with Crippen molar-refractivity contribution in [1.29, 1.82) is 0 Å². The molecule has 3 aromatic rings. The van der Waals surface area contributed by atoms with Gasteiger partial charge in [0.15, 0.2) is 0 Å². The van der Waals surface area contributed by atoms with Crippen LogP contribution in [0.1, 0.15) is 10.4 Å². The molecule has 0 unspecified atom stereocenters. The third kappa shape index (κ3) is 2.24. The Morgan fingerprint density at radius 2 is 1.95 bits per heavy atom. The molecule has 0 N–H and O–H groups in total. The minimum Gasteiger partial charge on any atom is -0.338 e. The Morgan fingerprint density at radius 1 is 1.14 bits per heavy atom. The van der Waals surface area contributed by atoms with Crippen LogP contribution in [0.3, 0.4) is 0 Å². The maximum atomic E-state index is 12.7. The SMILES string of the molecule is O=C(c1cccc2ccccc12)N1CC(Cn2ccnn2)C1. The van der Waals surface area contributed by atoms with Crippen LogP contribution in [0.15, 0.2) is 54.9 Å². The maximum absolute atomic E-state index is 12.7. The molecule has 1 fully saturated rings. The maximum Gasteiger partial charge on any atom is 0.254 e. The highest BCUT2D eigenvalue weighted by molar-refractivity contribution is 6.07. The van der Waals surface area contributed by atoms with E-state index in [9.17, 15) is 4.79 Å². The lowest BCUT2D eigenvalue weighted by molar-refractivity contribution is 0.0462. The molecule has 0 atom stereocenters. The molecule has 0 radical (unpaired) electrons. The lowest BCUT2D eigenvalue weighted by atomic mass is 9.97. The van der Waals surface area contributed by atoms with Gasteiger partial charge >= 0.3 is 0 Å². The fraction of sp³-hybridized carbons (Fsp3) is 0.235. The van der Waals surface area contributed by atoms with Crippen LogP contribution in [0, 0.1) is 5.92 Å². The van der Waals surface area contributed by atoms with Gasteiger partial charge in [-0.15, -0.1) is 5.10 Å². The summed E-state index contributed by atoms with van der Waals surface area (Å²) in [5, 5.41) is 9.90. The van der Waals surface area contributed by atoms with E-state index in [1.165, 1.54) is 0 Å². The van der Waals surface area contributed by atoms with Crippen molar-refractivity contribution in [3.63, 3.8) is 0 Å². The molecule has 0 spiro atoms. The number of aromatic nitrogens is 3. The van der Waals surface area contributed by atoms with E-state index in [-0.39, 0.29) is 5.91 Å². The first kappa shape index (κ1) is 13.0. The predicted octanol–water partition coefficient (Wildman–Crippen LogP) is 2.20. The van der Waals surface area contributed by atoms with E-state index in [1.54, 1.807) is 6.20 Å². The van der Waals surface area contributed by atoms with Crippen LogP contribution in [0.2, 0.25) is 0 Å². The summed E-state index contributed by atoms with van der Waals surface area (Å²) >= 11 is 0. The van der Waals surface area contributed by atoms with Gasteiger partial charge in [0.25, 0.3) is 5.91 Å². The number of carbonyl (C=O) groups excluding carboxylic acids is 1. The Bertz CT molecular complexity index is 801. The minimum absolute atomic E-state index is 0.117. The second-order valence-corrected chi connectivity index (χ2v) is 5.73. The zero-order chi connectivity index (χ0) is 14.9. The number of fused-ring (bicyclic) bond motifs is 1. The van der Waals surface area contributed by atoms with Crippen molar-refractivity contribution in [2.75, 3.05) is 13.1 Å². The van der Waals surface area contributed by atoms with Crippen molar-refractivity contribution in [2.24, 2.45) is 5.92 Å². The Hall–Kier alpha value is -2.69. The number of likely N-dealkylation sites (tertiary alicyclic amines) is 1. The molecule has 1 aliphatic rings. The molecule has 0 saturated carbocycles. The molecule has 4 rings (SSSR count). The number of carbonyl (C=O) groups is 1. The molecule has 1 amide bonds. The highest BCUT2D eigenvalue weighted by Crippen LogP contribution is 2.24. The third-order valence-corrected chi connectivity index (χ3v) is 4.18. The summed E-state index contributed by atoms with van der Waals surface area (Å²) in [4.78, 5) is 14.6. The summed E-state index contributed by atoms with van der Waals surface area (Å²) in [5.74, 6) is 0.576. The average molecular weight is 292 g/mol. The molecule has 0 aliphatic carbocycles. The first-order chi connectivity index (χ1) is 10.8. The Labute approximate surface area is 128 Å². The van der Waals surface area contributed by atoms with Gasteiger partial charge in [0.2, 0.25) is 0 Å². The molecular formula is C17H16N4O. The van der Waals surface area contributed by atoms with Gasteiger partial charge in [0.05, 0.1) is 6.20 Å². The molecule has 110 valence electrons. The molecule has 0 bridgehead atoms. The van der Waals surface area contributed by atoms with E-state index in [1.807, 2.05) is 58.2 Å². The summed E-state index contributed by atoms with van der Waals surface area (Å²) in [7, 11) is 0. The van der Waals surface area contributed by atoms with Crippen LogP contribution < -0.4 is 0 Å². The minimum atomic E-state index is 0.117. The second-order valence-electron chi connectivity index (χ2n) is 5.73. The molecule has 1 saturated heterocycles. The number of benzene rings is 2. The quantitative estimate of drug-likeness (QED) is 0.743. The topological polar surface area (TPSA) is 51.0 Å². The van der Waals surface area contributed by atoms with Crippen LogP contribution in [-0.4, -0.2) is 38.9 Å². The van der Waals surface area contributed by atoms with Gasteiger partial charge in [0.1, 0.15) is 0 Å². The summed E-state index contributed by atoms with van der Waals surface area (Å²) < 4.78 is 1.82. The monoisotopic (exact) mass is 292 g/mol. The van der Waals surface area contributed by atoms with Crippen molar-refractivity contribution in [3.05, 3.63) is 60.4 Å².